The molecular weight excluding hydrogens is 238 g/mol. The number of nitrogens with zero attached hydrogens (tertiary/aromatic N) is 2. The Morgan fingerprint density at radius 1 is 1.26 bits per heavy atom. The van der Waals surface area contributed by atoms with Gasteiger partial charge < -0.3 is 10.1 Å². The smallest absolute Gasteiger partial charge is 0.115 e. The molecule has 0 aliphatic heterocycles. The van der Waals surface area contributed by atoms with Crippen LogP contribution in [-0.2, 0) is 24.0 Å². The SMILES string of the molecule is CCNC(COC)Cc1ncnc2c1CCCCC2. The Kier molecular flexibility index (Phi) is 5.73. The van der Waals surface area contributed by atoms with Crippen LogP contribution in [0.2, 0.25) is 0 Å². The molecule has 4 nitrogen and oxygen atoms in total. The molecule has 0 fully saturated rings. The highest BCUT2D eigenvalue weighted by atomic mass is 16.5. The highest BCUT2D eigenvalue weighted by Gasteiger charge is 2.17. The van der Waals surface area contributed by atoms with Gasteiger partial charge in [0, 0.05) is 31.0 Å². The van der Waals surface area contributed by atoms with Gasteiger partial charge in [-0.3, -0.25) is 0 Å². The third-order valence-corrected chi connectivity index (χ3v) is 3.76. The molecule has 1 aliphatic rings. The maximum absolute atomic E-state index is 5.29. The van der Waals surface area contributed by atoms with Gasteiger partial charge in [-0.2, -0.15) is 0 Å². The molecule has 19 heavy (non-hydrogen) atoms. The lowest BCUT2D eigenvalue weighted by Crippen LogP contribution is -2.35. The summed E-state index contributed by atoms with van der Waals surface area (Å²) >= 11 is 0. The van der Waals surface area contributed by atoms with E-state index in [1.54, 1.807) is 13.4 Å². The third kappa shape index (κ3) is 3.98. The average Bonchev–Trinajstić information content (AvgIpc) is 2.65. The molecule has 0 saturated carbocycles. The summed E-state index contributed by atoms with van der Waals surface area (Å²) in [5.74, 6) is 0. The standard InChI is InChI=1S/C15H25N3O/c1-3-16-12(10-19-2)9-15-13-7-5-4-6-8-14(13)17-11-18-15/h11-12,16H,3-10H2,1-2H3. The summed E-state index contributed by atoms with van der Waals surface area (Å²) < 4.78 is 5.29. The summed E-state index contributed by atoms with van der Waals surface area (Å²) in [6.45, 7) is 3.82. The Labute approximate surface area is 116 Å². The van der Waals surface area contributed by atoms with Crippen molar-refractivity contribution in [2.75, 3.05) is 20.3 Å². The summed E-state index contributed by atoms with van der Waals surface area (Å²) in [5, 5.41) is 3.47. The fourth-order valence-corrected chi connectivity index (χ4v) is 2.85. The van der Waals surface area contributed by atoms with Gasteiger partial charge in [-0.25, -0.2) is 9.97 Å². The van der Waals surface area contributed by atoms with Gasteiger partial charge in [0.25, 0.3) is 0 Å². The summed E-state index contributed by atoms with van der Waals surface area (Å²) in [7, 11) is 1.75. The van der Waals surface area contributed by atoms with E-state index in [-0.39, 0.29) is 0 Å². The van der Waals surface area contributed by atoms with Gasteiger partial charge in [0.05, 0.1) is 6.61 Å². The van der Waals surface area contributed by atoms with E-state index in [2.05, 4.69) is 22.2 Å². The van der Waals surface area contributed by atoms with Crippen molar-refractivity contribution in [1.82, 2.24) is 15.3 Å². The van der Waals surface area contributed by atoms with E-state index in [4.69, 9.17) is 4.74 Å². The van der Waals surface area contributed by atoms with Crippen molar-refractivity contribution in [2.45, 2.75) is 51.5 Å². The van der Waals surface area contributed by atoms with Crippen molar-refractivity contribution in [2.24, 2.45) is 0 Å². The number of hydrogen-bond donors (Lipinski definition) is 1. The molecule has 1 unspecified atom stereocenters. The van der Waals surface area contributed by atoms with E-state index >= 15 is 0 Å². The van der Waals surface area contributed by atoms with E-state index in [0.29, 0.717) is 6.04 Å². The van der Waals surface area contributed by atoms with E-state index in [1.165, 1.54) is 36.2 Å². The van der Waals surface area contributed by atoms with E-state index in [0.717, 1.165) is 32.4 Å². The number of likely N-dealkylation sites (N-methyl/N-ethyl adjacent to an activating group) is 1. The normalized spacial score (nSPS) is 16.7. The molecular formula is C15H25N3O. The lowest BCUT2D eigenvalue weighted by atomic mass is 10.0. The molecule has 1 aromatic heterocycles. The Balaban J connectivity index is 2.14. The second-order valence-electron chi connectivity index (χ2n) is 5.22. The van der Waals surface area contributed by atoms with Crippen molar-refractivity contribution in [1.29, 1.82) is 0 Å². The average molecular weight is 263 g/mol. The number of aryl methyl sites for hydroxylation is 1. The van der Waals surface area contributed by atoms with Crippen LogP contribution >= 0.6 is 0 Å². The molecule has 4 heteroatoms. The first-order valence-corrected chi connectivity index (χ1v) is 7.39. The molecule has 1 aliphatic carbocycles. The van der Waals surface area contributed by atoms with Gasteiger partial charge >= 0.3 is 0 Å². The second kappa shape index (κ2) is 7.56. The van der Waals surface area contributed by atoms with Crippen LogP contribution < -0.4 is 5.32 Å². The minimum absolute atomic E-state index is 0.345. The van der Waals surface area contributed by atoms with Crippen molar-refractivity contribution in [3.05, 3.63) is 23.3 Å². The minimum Gasteiger partial charge on any atom is -0.383 e. The van der Waals surface area contributed by atoms with Crippen LogP contribution in [0.4, 0.5) is 0 Å². The monoisotopic (exact) mass is 263 g/mol. The van der Waals surface area contributed by atoms with Crippen LogP contribution in [0.25, 0.3) is 0 Å². The minimum atomic E-state index is 0.345. The van der Waals surface area contributed by atoms with Crippen molar-refractivity contribution < 1.29 is 4.74 Å². The first-order valence-electron chi connectivity index (χ1n) is 7.39. The highest BCUT2D eigenvalue weighted by molar-refractivity contribution is 5.26. The summed E-state index contributed by atoms with van der Waals surface area (Å²) in [6.07, 6.45) is 8.76. The molecule has 0 spiro atoms. The Bertz CT molecular complexity index is 389. The van der Waals surface area contributed by atoms with Crippen LogP contribution in [0.5, 0.6) is 0 Å². The van der Waals surface area contributed by atoms with Gasteiger partial charge in [0.2, 0.25) is 0 Å². The number of methoxy groups -OCH3 is 1. The van der Waals surface area contributed by atoms with Gasteiger partial charge in [-0.15, -0.1) is 0 Å². The quantitative estimate of drug-likeness (QED) is 0.797. The first kappa shape index (κ1) is 14.4. The van der Waals surface area contributed by atoms with Crippen LogP contribution in [0.3, 0.4) is 0 Å². The second-order valence-corrected chi connectivity index (χ2v) is 5.22. The predicted molar refractivity (Wildman–Crippen MR) is 76.3 cm³/mol. The molecule has 1 N–H and O–H groups in total. The molecule has 2 rings (SSSR count). The van der Waals surface area contributed by atoms with Gasteiger partial charge in [0.1, 0.15) is 6.33 Å². The van der Waals surface area contributed by atoms with E-state index < -0.39 is 0 Å². The molecule has 0 bridgehead atoms. The summed E-state index contributed by atoms with van der Waals surface area (Å²) in [5.41, 5.74) is 3.89. The fraction of sp³-hybridized carbons (Fsp3) is 0.733. The van der Waals surface area contributed by atoms with Crippen LogP contribution in [0.15, 0.2) is 6.33 Å². The predicted octanol–water partition coefficient (Wildman–Crippen LogP) is 1.91. The third-order valence-electron chi connectivity index (χ3n) is 3.76. The van der Waals surface area contributed by atoms with Crippen LogP contribution in [0.1, 0.15) is 43.1 Å². The van der Waals surface area contributed by atoms with E-state index in [1.807, 2.05) is 0 Å². The molecule has 0 amide bonds. The summed E-state index contributed by atoms with van der Waals surface area (Å²) in [4.78, 5) is 9.01. The largest absolute Gasteiger partial charge is 0.383 e. The fourth-order valence-electron chi connectivity index (χ4n) is 2.85. The Morgan fingerprint density at radius 2 is 2.11 bits per heavy atom. The number of nitrogens with one attached hydrogen (secondary N) is 1. The molecule has 0 saturated heterocycles. The Morgan fingerprint density at radius 3 is 2.89 bits per heavy atom. The first-order chi connectivity index (χ1) is 9.35. The Hall–Kier alpha value is -1.00. The topological polar surface area (TPSA) is 47.0 Å². The maximum atomic E-state index is 5.29. The van der Waals surface area contributed by atoms with E-state index in [9.17, 15) is 0 Å². The van der Waals surface area contributed by atoms with Crippen molar-refractivity contribution >= 4 is 0 Å². The number of aromatic nitrogens is 2. The lowest BCUT2D eigenvalue weighted by Gasteiger charge is -2.18. The summed E-state index contributed by atoms with van der Waals surface area (Å²) in [6, 6.07) is 0.345. The molecule has 0 aromatic carbocycles. The zero-order valence-corrected chi connectivity index (χ0v) is 12.1. The van der Waals surface area contributed by atoms with Crippen LogP contribution in [-0.4, -0.2) is 36.3 Å². The highest BCUT2D eigenvalue weighted by Crippen LogP contribution is 2.21. The van der Waals surface area contributed by atoms with Crippen molar-refractivity contribution in [3.63, 3.8) is 0 Å². The molecule has 1 atom stereocenters. The molecule has 106 valence electrons. The van der Waals surface area contributed by atoms with Crippen LogP contribution in [0, 0.1) is 0 Å². The number of fused-ring (bicyclic) bond motifs is 1. The maximum Gasteiger partial charge on any atom is 0.115 e. The number of hydrogen-bond acceptors (Lipinski definition) is 4. The number of ether oxygens (including phenoxy) is 1. The van der Waals surface area contributed by atoms with Gasteiger partial charge in [-0.1, -0.05) is 13.3 Å². The lowest BCUT2D eigenvalue weighted by molar-refractivity contribution is 0.166. The molecule has 0 radical (unpaired) electrons. The molecule has 1 heterocycles. The van der Waals surface area contributed by atoms with Gasteiger partial charge in [0.15, 0.2) is 0 Å². The zero-order chi connectivity index (χ0) is 13.5. The van der Waals surface area contributed by atoms with Crippen molar-refractivity contribution in [3.8, 4) is 0 Å². The van der Waals surface area contributed by atoms with Gasteiger partial charge in [-0.05, 0) is 37.8 Å². The zero-order valence-electron chi connectivity index (χ0n) is 12.1. The number of rotatable bonds is 6. The molecule has 1 aromatic rings.